The van der Waals surface area contributed by atoms with Crippen molar-refractivity contribution in [3.63, 3.8) is 0 Å². The van der Waals surface area contributed by atoms with Crippen LogP contribution in [0.25, 0.3) is 16.8 Å². The van der Waals surface area contributed by atoms with Crippen LogP contribution in [0.5, 0.6) is 0 Å². The zero-order chi connectivity index (χ0) is 19.3. The minimum absolute atomic E-state index is 0.363. The highest BCUT2D eigenvalue weighted by Crippen LogP contribution is 2.27. The molecule has 1 aliphatic heterocycles. The first-order valence-corrected chi connectivity index (χ1v) is 10.3. The molecule has 0 aliphatic carbocycles. The summed E-state index contributed by atoms with van der Waals surface area (Å²) in [6.07, 6.45) is 3.05. The largest absolute Gasteiger partial charge is 0.370 e. The van der Waals surface area contributed by atoms with E-state index in [-0.39, 0.29) is 0 Å². The molecule has 6 heteroatoms. The number of fused-ring (bicyclic) bond motifs is 1. The van der Waals surface area contributed by atoms with Gasteiger partial charge in [0.25, 0.3) is 0 Å². The van der Waals surface area contributed by atoms with Gasteiger partial charge < -0.3 is 15.0 Å². The van der Waals surface area contributed by atoms with E-state index in [0.29, 0.717) is 5.92 Å². The number of nitrogens with one attached hydrogen (secondary N) is 2. The van der Waals surface area contributed by atoms with E-state index in [4.69, 9.17) is 9.72 Å². The van der Waals surface area contributed by atoms with Crippen LogP contribution in [0, 0.1) is 0 Å². The number of quaternary nitrogens is 1. The molecule has 4 rings (SSSR count). The third kappa shape index (κ3) is 4.18. The minimum Gasteiger partial charge on any atom is -0.370 e. The summed E-state index contributed by atoms with van der Waals surface area (Å²) in [6, 6.07) is 12.5. The Kier molecular flexibility index (Phi) is 5.88. The summed E-state index contributed by atoms with van der Waals surface area (Å²) < 4.78 is 7.38. The Morgan fingerprint density at radius 1 is 1.18 bits per heavy atom. The molecule has 0 bridgehead atoms. The molecule has 0 saturated carbocycles. The van der Waals surface area contributed by atoms with Crippen molar-refractivity contribution in [2.45, 2.75) is 26.2 Å². The fourth-order valence-electron chi connectivity index (χ4n) is 3.69. The Morgan fingerprint density at radius 2 is 1.96 bits per heavy atom. The van der Waals surface area contributed by atoms with Crippen molar-refractivity contribution in [1.29, 1.82) is 0 Å². The van der Waals surface area contributed by atoms with E-state index in [1.165, 1.54) is 6.54 Å². The smallest absolute Gasteiger partial charge is 0.165 e. The Bertz CT molecular complexity index is 900. The summed E-state index contributed by atoms with van der Waals surface area (Å²) in [7, 11) is 0. The summed E-state index contributed by atoms with van der Waals surface area (Å²) in [5.41, 5.74) is 4.22. The fraction of sp³-hybridized carbons (Fsp3) is 0.455. The standard InChI is InChI=1S/C22H29N5O/c1-17(2)20-15-21(23-9-6-10-26-11-13-28-14-12-26)27-22(25-20)19(16-24-27)18-7-4-3-5-8-18/h3-5,7-8,15-17,23H,6,9-14H2,1-2H3/p+1. The van der Waals surface area contributed by atoms with Gasteiger partial charge in [0.1, 0.15) is 18.9 Å². The Hall–Kier alpha value is -2.44. The summed E-state index contributed by atoms with van der Waals surface area (Å²) in [6.45, 7) is 10.5. The maximum Gasteiger partial charge on any atom is 0.165 e. The Labute approximate surface area is 166 Å². The molecule has 3 heterocycles. The molecule has 1 fully saturated rings. The van der Waals surface area contributed by atoms with Gasteiger partial charge in [-0.1, -0.05) is 44.2 Å². The summed E-state index contributed by atoms with van der Waals surface area (Å²) >= 11 is 0. The average Bonchev–Trinajstić information content (AvgIpc) is 3.16. The second-order valence-corrected chi connectivity index (χ2v) is 7.77. The van der Waals surface area contributed by atoms with E-state index in [2.05, 4.69) is 54.6 Å². The van der Waals surface area contributed by atoms with E-state index in [9.17, 15) is 0 Å². The van der Waals surface area contributed by atoms with Gasteiger partial charge in [0, 0.05) is 30.3 Å². The van der Waals surface area contributed by atoms with Crippen molar-refractivity contribution < 1.29 is 9.64 Å². The first-order chi connectivity index (χ1) is 13.7. The van der Waals surface area contributed by atoms with Gasteiger partial charge in [0.05, 0.1) is 26.0 Å². The predicted molar refractivity (Wildman–Crippen MR) is 112 cm³/mol. The van der Waals surface area contributed by atoms with Crippen LogP contribution in [0.15, 0.2) is 42.6 Å². The van der Waals surface area contributed by atoms with Crippen LogP contribution in [0.1, 0.15) is 31.9 Å². The number of ether oxygens (including phenoxy) is 1. The van der Waals surface area contributed by atoms with Gasteiger partial charge in [-0.3, -0.25) is 0 Å². The van der Waals surface area contributed by atoms with E-state index in [1.54, 1.807) is 4.90 Å². The normalized spacial score (nSPS) is 15.4. The van der Waals surface area contributed by atoms with Gasteiger partial charge in [-0.25, -0.2) is 4.98 Å². The number of nitrogens with zero attached hydrogens (tertiary/aromatic N) is 3. The maximum absolute atomic E-state index is 5.44. The lowest BCUT2D eigenvalue weighted by molar-refractivity contribution is -0.908. The summed E-state index contributed by atoms with van der Waals surface area (Å²) in [4.78, 5) is 6.56. The van der Waals surface area contributed by atoms with Crippen molar-refractivity contribution in [2.75, 3.05) is 44.7 Å². The number of hydrogen-bond donors (Lipinski definition) is 2. The highest BCUT2D eigenvalue weighted by atomic mass is 16.5. The molecule has 0 radical (unpaired) electrons. The van der Waals surface area contributed by atoms with Crippen molar-refractivity contribution >= 4 is 11.5 Å². The number of hydrogen-bond acceptors (Lipinski definition) is 4. The van der Waals surface area contributed by atoms with Gasteiger partial charge in [-0.15, -0.1) is 0 Å². The zero-order valence-electron chi connectivity index (χ0n) is 16.8. The van der Waals surface area contributed by atoms with Gasteiger partial charge in [0.15, 0.2) is 5.65 Å². The second-order valence-electron chi connectivity index (χ2n) is 7.77. The SMILES string of the molecule is CC(C)c1cc(NCCC[NH+]2CCOCC2)n2ncc(-c3ccccc3)c2n1. The van der Waals surface area contributed by atoms with E-state index < -0.39 is 0 Å². The molecule has 3 aromatic rings. The number of benzene rings is 1. The van der Waals surface area contributed by atoms with Crippen molar-refractivity contribution in [3.8, 4) is 11.1 Å². The topological polar surface area (TPSA) is 55.9 Å². The van der Waals surface area contributed by atoms with E-state index in [1.807, 2.05) is 16.8 Å². The van der Waals surface area contributed by atoms with Crippen molar-refractivity contribution in [3.05, 3.63) is 48.3 Å². The molecular formula is C22H30N5O+. The Morgan fingerprint density at radius 3 is 2.71 bits per heavy atom. The van der Waals surface area contributed by atoms with Crippen LogP contribution in [0.3, 0.4) is 0 Å². The lowest BCUT2D eigenvalue weighted by atomic mass is 10.1. The molecule has 148 valence electrons. The molecule has 0 spiro atoms. The molecule has 0 amide bonds. The van der Waals surface area contributed by atoms with Gasteiger partial charge in [-0.2, -0.15) is 9.61 Å². The van der Waals surface area contributed by atoms with Crippen LogP contribution in [-0.2, 0) is 4.74 Å². The zero-order valence-corrected chi connectivity index (χ0v) is 16.8. The summed E-state index contributed by atoms with van der Waals surface area (Å²) in [5.74, 6) is 1.38. The maximum atomic E-state index is 5.44. The fourth-order valence-corrected chi connectivity index (χ4v) is 3.69. The van der Waals surface area contributed by atoms with Gasteiger partial charge >= 0.3 is 0 Å². The lowest BCUT2D eigenvalue weighted by Gasteiger charge is -2.23. The van der Waals surface area contributed by atoms with Crippen LogP contribution in [0.4, 0.5) is 5.82 Å². The molecule has 1 saturated heterocycles. The first kappa shape index (κ1) is 18.9. The third-order valence-corrected chi connectivity index (χ3v) is 5.38. The average molecular weight is 381 g/mol. The molecular weight excluding hydrogens is 350 g/mol. The van der Waals surface area contributed by atoms with Crippen LogP contribution in [-0.4, -0.2) is 54.0 Å². The molecule has 1 aromatic carbocycles. The van der Waals surface area contributed by atoms with Gasteiger partial charge in [0.2, 0.25) is 0 Å². The minimum atomic E-state index is 0.363. The molecule has 6 nitrogen and oxygen atoms in total. The highest BCUT2D eigenvalue weighted by Gasteiger charge is 2.15. The lowest BCUT2D eigenvalue weighted by Crippen LogP contribution is -3.14. The third-order valence-electron chi connectivity index (χ3n) is 5.38. The van der Waals surface area contributed by atoms with Crippen LogP contribution < -0.4 is 10.2 Å². The molecule has 0 atom stereocenters. The van der Waals surface area contributed by atoms with E-state index in [0.717, 1.165) is 67.6 Å². The number of morpholine rings is 1. The van der Waals surface area contributed by atoms with Gasteiger partial charge in [-0.05, 0) is 11.5 Å². The monoisotopic (exact) mass is 380 g/mol. The predicted octanol–water partition coefficient (Wildman–Crippen LogP) is 2.24. The quantitative estimate of drug-likeness (QED) is 0.617. The van der Waals surface area contributed by atoms with Crippen molar-refractivity contribution in [2.24, 2.45) is 0 Å². The molecule has 1 aliphatic rings. The number of rotatable bonds is 7. The van der Waals surface area contributed by atoms with Crippen LogP contribution in [0.2, 0.25) is 0 Å². The molecule has 28 heavy (non-hydrogen) atoms. The number of aromatic nitrogens is 3. The van der Waals surface area contributed by atoms with E-state index >= 15 is 0 Å². The summed E-state index contributed by atoms with van der Waals surface area (Å²) in [5, 5.41) is 8.24. The first-order valence-electron chi connectivity index (χ1n) is 10.3. The number of anilines is 1. The van der Waals surface area contributed by atoms with Crippen molar-refractivity contribution in [1.82, 2.24) is 14.6 Å². The van der Waals surface area contributed by atoms with Crippen LogP contribution >= 0.6 is 0 Å². The Balaban J connectivity index is 1.54. The second kappa shape index (κ2) is 8.71. The highest BCUT2D eigenvalue weighted by molar-refractivity contribution is 5.78. The molecule has 0 unspecified atom stereocenters. The molecule has 2 N–H and O–H groups in total. The molecule has 2 aromatic heterocycles.